The van der Waals surface area contributed by atoms with Gasteiger partial charge in [0, 0.05) is 12.1 Å². The molecule has 0 aromatic heterocycles. The molecule has 2 atom stereocenters. The number of benzene rings is 1. The Balaban J connectivity index is 2.19. The maximum Gasteiger partial charge on any atom is 0.306 e. The molecule has 8 heteroatoms. The van der Waals surface area contributed by atoms with Crippen molar-refractivity contribution in [3.05, 3.63) is 32.3 Å². The molecule has 1 aromatic rings. The molecule has 1 aliphatic rings. The lowest BCUT2D eigenvalue weighted by atomic mass is 10.1. The number of nitrogens with zero attached hydrogens (tertiary/aromatic N) is 1. The van der Waals surface area contributed by atoms with E-state index in [4.69, 9.17) is 28.3 Å². The van der Waals surface area contributed by atoms with Crippen LogP contribution in [0.25, 0.3) is 0 Å². The minimum absolute atomic E-state index is 0.110. The van der Waals surface area contributed by atoms with Gasteiger partial charge in [-0.25, -0.2) is 0 Å². The molecule has 1 fully saturated rings. The Morgan fingerprint density at radius 1 is 1.35 bits per heavy atom. The number of anilines is 1. The number of carboxylic acid groups (broad SMARTS) is 1. The van der Waals surface area contributed by atoms with Crippen LogP contribution in [0.3, 0.4) is 0 Å². The molecule has 0 amide bonds. The number of nitro groups is 1. The van der Waals surface area contributed by atoms with Crippen molar-refractivity contribution in [2.24, 2.45) is 5.92 Å². The first-order valence-electron chi connectivity index (χ1n) is 6.01. The maximum absolute atomic E-state index is 11.0. The maximum atomic E-state index is 11.0. The van der Waals surface area contributed by atoms with E-state index in [1.165, 1.54) is 12.1 Å². The van der Waals surface area contributed by atoms with Crippen molar-refractivity contribution in [1.29, 1.82) is 0 Å². The first kappa shape index (κ1) is 14.9. The van der Waals surface area contributed by atoms with Crippen LogP contribution >= 0.6 is 23.2 Å². The van der Waals surface area contributed by atoms with Crippen LogP contribution in [-0.4, -0.2) is 22.0 Å². The van der Waals surface area contributed by atoms with E-state index in [0.29, 0.717) is 19.3 Å². The number of rotatable bonds is 4. The summed E-state index contributed by atoms with van der Waals surface area (Å²) in [6.45, 7) is 0. The van der Waals surface area contributed by atoms with Crippen molar-refractivity contribution in [3.8, 4) is 0 Å². The predicted octanol–water partition coefficient (Wildman–Crippen LogP) is 3.57. The molecule has 0 aliphatic heterocycles. The molecule has 0 radical (unpaired) electrons. The minimum Gasteiger partial charge on any atom is -0.481 e. The van der Waals surface area contributed by atoms with Crippen LogP contribution in [0.2, 0.25) is 10.0 Å². The Morgan fingerprint density at radius 3 is 2.55 bits per heavy atom. The van der Waals surface area contributed by atoms with E-state index in [2.05, 4.69) is 5.32 Å². The molecule has 1 aliphatic carbocycles. The molecule has 0 bridgehead atoms. The third-order valence-electron chi connectivity index (χ3n) is 3.38. The van der Waals surface area contributed by atoms with E-state index in [0.717, 1.165) is 0 Å². The number of aliphatic carboxylic acids is 1. The molecule has 0 spiro atoms. The second-order valence-corrected chi connectivity index (χ2v) is 5.54. The smallest absolute Gasteiger partial charge is 0.306 e. The third kappa shape index (κ3) is 3.13. The van der Waals surface area contributed by atoms with E-state index in [-0.39, 0.29) is 27.5 Å². The van der Waals surface area contributed by atoms with Gasteiger partial charge in [0.25, 0.3) is 5.69 Å². The summed E-state index contributed by atoms with van der Waals surface area (Å²) >= 11 is 11.6. The van der Waals surface area contributed by atoms with Gasteiger partial charge in [0.1, 0.15) is 5.69 Å². The molecule has 108 valence electrons. The summed E-state index contributed by atoms with van der Waals surface area (Å²) in [6, 6.07) is 2.47. The van der Waals surface area contributed by atoms with Gasteiger partial charge in [-0.15, -0.1) is 0 Å². The summed E-state index contributed by atoms with van der Waals surface area (Å²) in [5, 5.41) is 23.3. The molecule has 0 heterocycles. The largest absolute Gasteiger partial charge is 0.481 e. The van der Waals surface area contributed by atoms with Crippen molar-refractivity contribution < 1.29 is 14.8 Å². The number of halogens is 2. The summed E-state index contributed by atoms with van der Waals surface area (Å²) in [5.74, 6) is -1.24. The van der Waals surface area contributed by atoms with Crippen LogP contribution in [0.5, 0.6) is 0 Å². The zero-order valence-corrected chi connectivity index (χ0v) is 11.8. The van der Waals surface area contributed by atoms with E-state index >= 15 is 0 Å². The predicted molar refractivity (Wildman–Crippen MR) is 75.5 cm³/mol. The molecule has 20 heavy (non-hydrogen) atoms. The monoisotopic (exact) mass is 318 g/mol. The fourth-order valence-electron chi connectivity index (χ4n) is 2.36. The molecule has 0 saturated heterocycles. The summed E-state index contributed by atoms with van der Waals surface area (Å²) in [4.78, 5) is 21.4. The number of carboxylic acids is 1. The van der Waals surface area contributed by atoms with Crippen molar-refractivity contribution in [2.75, 3.05) is 5.32 Å². The van der Waals surface area contributed by atoms with Gasteiger partial charge in [-0.2, -0.15) is 0 Å². The second kappa shape index (κ2) is 5.85. The van der Waals surface area contributed by atoms with Gasteiger partial charge < -0.3 is 10.4 Å². The first-order valence-corrected chi connectivity index (χ1v) is 6.77. The first-order chi connectivity index (χ1) is 9.38. The van der Waals surface area contributed by atoms with Gasteiger partial charge in [-0.1, -0.05) is 23.2 Å². The molecule has 6 nitrogen and oxygen atoms in total. The summed E-state index contributed by atoms with van der Waals surface area (Å²) in [7, 11) is 0. The van der Waals surface area contributed by atoms with Crippen LogP contribution in [0, 0.1) is 16.0 Å². The lowest BCUT2D eigenvalue weighted by Gasteiger charge is -2.14. The Morgan fingerprint density at radius 2 is 2.00 bits per heavy atom. The molecular formula is C12H12Cl2N2O4. The fourth-order valence-corrected chi connectivity index (χ4v) is 2.68. The highest BCUT2D eigenvalue weighted by atomic mass is 35.5. The fraction of sp³-hybridized carbons (Fsp3) is 0.417. The van der Waals surface area contributed by atoms with Crippen molar-refractivity contribution >= 4 is 40.5 Å². The van der Waals surface area contributed by atoms with Crippen molar-refractivity contribution in [1.82, 2.24) is 0 Å². The standard InChI is InChI=1S/C12H12Cl2N2O4/c13-8-4-10(11(16(19)20)5-9(8)14)15-7-2-1-6(3-7)12(17)18/h4-7,15H,1-3H2,(H,17,18)/t6-,7+/m1/s1. The topological polar surface area (TPSA) is 92.5 Å². The van der Waals surface area contributed by atoms with Crippen LogP contribution in [0.15, 0.2) is 12.1 Å². The number of nitro benzene ring substituents is 1. The Hall–Kier alpha value is -1.53. The SMILES string of the molecule is O=C(O)[C@@H]1CC[C@H](Nc2cc(Cl)c(Cl)cc2[N+](=O)[O-])C1. The highest BCUT2D eigenvalue weighted by Crippen LogP contribution is 2.36. The highest BCUT2D eigenvalue weighted by molar-refractivity contribution is 6.42. The molecular weight excluding hydrogens is 307 g/mol. The van der Waals surface area contributed by atoms with E-state index in [1.807, 2.05) is 0 Å². The normalized spacial score (nSPS) is 21.7. The van der Waals surface area contributed by atoms with Crippen LogP contribution in [-0.2, 0) is 4.79 Å². The van der Waals surface area contributed by atoms with Gasteiger partial charge in [-0.05, 0) is 25.3 Å². The highest BCUT2D eigenvalue weighted by Gasteiger charge is 2.31. The Bertz CT molecular complexity index is 565. The van der Waals surface area contributed by atoms with Crippen LogP contribution < -0.4 is 5.32 Å². The lowest BCUT2D eigenvalue weighted by Crippen LogP contribution is -2.18. The average molecular weight is 319 g/mol. The zero-order valence-electron chi connectivity index (χ0n) is 10.3. The van der Waals surface area contributed by atoms with E-state index < -0.39 is 16.8 Å². The van der Waals surface area contributed by atoms with Gasteiger partial charge in [0.15, 0.2) is 0 Å². The quantitative estimate of drug-likeness (QED) is 0.654. The lowest BCUT2D eigenvalue weighted by molar-refractivity contribution is -0.384. The van der Waals surface area contributed by atoms with Crippen molar-refractivity contribution in [2.45, 2.75) is 25.3 Å². The number of hydrogen-bond donors (Lipinski definition) is 2. The molecule has 1 saturated carbocycles. The molecule has 2 rings (SSSR count). The number of carbonyl (C=O) groups is 1. The third-order valence-corrected chi connectivity index (χ3v) is 4.10. The van der Waals surface area contributed by atoms with Crippen molar-refractivity contribution in [3.63, 3.8) is 0 Å². The summed E-state index contributed by atoms with van der Waals surface area (Å²) in [6.07, 6.45) is 1.64. The van der Waals surface area contributed by atoms with E-state index in [9.17, 15) is 14.9 Å². The second-order valence-electron chi connectivity index (χ2n) is 4.73. The molecule has 2 N–H and O–H groups in total. The summed E-state index contributed by atoms with van der Waals surface area (Å²) < 4.78 is 0. The average Bonchev–Trinajstić information content (AvgIpc) is 2.82. The minimum atomic E-state index is -0.835. The number of hydrogen-bond acceptors (Lipinski definition) is 4. The van der Waals surface area contributed by atoms with E-state index in [1.54, 1.807) is 0 Å². The van der Waals surface area contributed by atoms with Crippen LogP contribution in [0.1, 0.15) is 19.3 Å². The summed E-state index contributed by atoms with van der Waals surface area (Å²) in [5.41, 5.74) is 0.0959. The van der Waals surface area contributed by atoms with Gasteiger partial charge in [0.05, 0.1) is 20.9 Å². The number of nitrogens with one attached hydrogen (secondary N) is 1. The Labute approximate surface area is 124 Å². The van der Waals surface area contributed by atoms with Gasteiger partial charge >= 0.3 is 5.97 Å². The van der Waals surface area contributed by atoms with Crippen LogP contribution in [0.4, 0.5) is 11.4 Å². The Kier molecular flexibility index (Phi) is 4.35. The molecule has 1 aromatic carbocycles. The zero-order chi connectivity index (χ0) is 14.9. The van der Waals surface area contributed by atoms with Gasteiger partial charge in [-0.3, -0.25) is 14.9 Å². The molecule has 0 unspecified atom stereocenters. The van der Waals surface area contributed by atoms with Gasteiger partial charge in [0.2, 0.25) is 0 Å².